The molecule has 0 radical (unpaired) electrons. The number of nitrogens with two attached hydrogens (primary N) is 1. The Morgan fingerprint density at radius 3 is 2.68 bits per heavy atom. The van der Waals surface area contributed by atoms with Gasteiger partial charge in [0.1, 0.15) is 6.10 Å². The van der Waals surface area contributed by atoms with Crippen LogP contribution in [0.2, 0.25) is 0 Å². The van der Waals surface area contributed by atoms with E-state index in [2.05, 4.69) is 29.2 Å². The Bertz CT molecular complexity index is 571. The molecule has 3 atom stereocenters. The SMILES string of the molecule is CN(C)c1cccc(C2CCCN2C(=O)[C@@H]2CC[C@H](CN)O2)c1.Cl.Cl. The summed E-state index contributed by atoms with van der Waals surface area (Å²) >= 11 is 0. The van der Waals surface area contributed by atoms with Crippen LogP contribution in [0.4, 0.5) is 5.69 Å². The molecule has 25 heavy (non-hydrogen) atoms. The van der Waals surface area contributed by atoms with E-state index in [0.29, 0.717) is 6.54 Å². The number of nitrogens with zero attached hydrogens (tertiary/aromatic N) is 2. The average Bonchev–Trinajstić information content (AvgIpc) is 3.23. The Labute approximate surface area is 162 Å². The number of rotatable bonds is 4. The number of amides is 1. The maximum Gasteiger partial charge on any atom is 0.252 e. The fourth-order valence-corrected chi connectivity index (χ4v) is 3.63. The van der Waals surface area contributed by atoms with E-state index in [1.165, 1.54) is 11.3 Å². The summed E-state index contributed by atoms with van der Waals surface area (Å²) in [4.78, 5) is 17.0. The number of ether oxygens (including phenoxy) is 1. The highest BCUT2D eigenvalue weighted by Crippen LogP contribution is 2.35. The van der Waals surface area contributed by atoms with E-state index in [-0.39, 0.29) is 49.0 Å². The predicted molar refractivity (Wildman–Crippen MR) is 106 cm³/mol. The number of halogens is 2. The second-order valence-corrected chi connectivity index (χ2v) is 6.74. The van der Waals surface area contributed by atoms with Crippen LogP contribution in [0.3, 0.4) is 0 Å². The molecule has 2 heterocycles. The second kappa shape index (κ2) is 9.62. The highest BCUT2D eigenvalue weighted by molar-refractivity contribution is 5.85. The van der Waals surface area contributed by atoms with Crippen LogP contribution < -0.4 is 10.6 Å². The Hall–Kier alpha value is -1.01. The van der Waals surface area contributed by atoms with Crippen molar-refractivity contribution in [3.63, 3.8) is 0 Å². The van der Waals surface area contributed by atoms with Crippen molar-refractivity contribution in [3.8, 4) is 0 Å². The molecular weight excluding hydrogens is 361 g/mol. The van der Waals surface area contributed by atoms with Crippen molar-refractivity contribution in [2.45, 2.75) is 43.9 Å². The first-order chi connectivity index (χ1) is 11.1. The third kappa shape index (κ3) is 4.79. The third-order valence-electron chi connectivity index (χ3n) is 4.95. The summed E-state index contributed by atoms with van der Waals surface area (Å²) in [6, 6.07) is 8.65. The maximum absolute atomic E-state index is 12.9. The predicted octanol–water partition coefficient (Wildman–Crippen LogP) is 2.77. The largest absolute Gasteiger partial charge is 0.378 e. The Morgan fingerprint density at radius 2 is 2.04 bits per heavy atom. The molecular formula is C18H29Cl2N3O2. The molecule has 142 valence electrons. The van der Waals surface area contributed by atoms with E-state index < -0.39 is 0 Å². The van der Waals surface area contributed by atoms with Crippen molar-refractivity contribution in [2.75, 3.05) is 32.1 Å². The average molecular weight is 390 g/mol. The molecule has 1 aromatic rings. The first kappa shape index (κ1) is 22.0. The zero-order chi connectivity index (χ0) is 16.4. The van der Waals surface area contributed by atoms with Crippen LogP contribution in [-0.4, -0.2) is 50.2 Å². The molecule has 0 aliphatic carbocycles. The van der Waals surface area contributed by atoms with Crippen LogP contribution in [0.15, 0.2) is 24.3 Å². The van der Waals surface area contributed by atoms with Gasteiger partial charge in [-0.05, 0) is 43.4 Å². The minimum Gasteiger partial charge on any atom is -0.378 e. The van der Waals surface area contributed by atoms with E-state index >= 15 is 0 Å². The van der Waals surface area contributed by atoms with Gasteiger partial charge in [0.2, 0.25) is 0 Å². The third-order valence-corrected chi connectivity index (χ3v) is 4.95. The molecule has 1 amide bonds. The Kier molecular flexibility index (Phi) is 8.48. The number of likely N-dealkylation sites (tertiary alicyclic amines) is 1. The van der Waals surface area contributed by atoms with E-state index in [9.17, 15) is 4.79 Å². The van der Waals surface area contributed by atoms with Crippen molar-refractivity contribution < 1.29 is 9.53 Å². The zero-order valence-corrected chi connectivity index (χ0v) is 16.5. The summed E-state index contributed by atoms with van der Waals surface area (Å²) in [6.45, 7) is 1.32. The summed E-state index contributed by atoms with van der Waals surface area (Å²) < 4.78 is 5.81. The molecule has 2 fully saturated rings. The van der Waals surface area contributed by atoms with Crippen LogP contribution in [0, 0.1) is 0 Å². The van der Waals surface area contributed by atoms with Crippen molar-refractivity contribution in [1.82, 2.24) is 4.90 Å². The van der Waals surface area contributed by atoms with Gasteiger partial charge in [-0.15, -0.1) is 24.8 Å². The van der Waals surface area contributed by atoms with Gasteiger partial charge in [0.25, 0.3) is 5.91 Å². The molecule has 7 heteroatoms. The molecule has 5 nitrogen and oxygen atoms in total. The molecule has 2 saturated heterocycles. The van der Waals surface area contributed by atoms with Gasteiger partial charge < -0.3 is 20.3 Å². The van der Waals surface area contributed by atoms with E-state index in [0.717, 1.165) is 32.2 Å². The smallest absolute Gasteiger partial charge is 0.252 e. The molecule has 0 spiro atoms. The van der Waals surface area contributed by atoms with E-state index in [4.69, 9.17) is 10.5 Å². The first-order valence-electron chi connectivity index (χ1n) is 8.53. The number of hydrogen-bond donors (Lipinski definition) is 1. The van der Waals surface area contributed by atoms with Gasteiger partial charge in [-0.2, -0.15) is 0 Å². The van der Waals surface area contributed by atoms with Crippen molar-refractivity contribution in [1.29, 1.82) is 0 Å². The molecule has 0 saturated carbocycles. The van der Waals surface area contributed by atoms with Crippen LogP contribution in [0.25, 0.3) is 0 Å². The molecule has 2 aliphatic rings. The highest BCUT2D eigenvalue weighted by atomic mass is 35.5. The number of hydrogen-bond acceptors (Lipinski definition) is 4. The van der Waals surface area contributed by atoms with E-state index in [1.54, 1.807) is 0 Å². The molecule has 0 aromatic heterocycles. The van der Waals surface area contributed by atoms with Gasteiger partial charge in [-0.25, -0.2) is 0 Å². The molecule has 2 N–H and O–H groups in total. The molecule has 1 unspecified atom stereocenters. The maximum atomic E-state index is 12.9. The van der Waals surface area contributed by atoms with Gasteiger partial charge in [-0.3, -0.25) is 4.79 Å². The quantitative estimate of drug-likeness (QED) is 0.859. The Balaban J connectivity index is 0.00000156. The zero-order valence-electron chi connectivity index (χ0n) is 14.9. The fraction of sp³-hybridized carbons (Fsp3) is 0.611. The Morgan fingerprint density at radius 1 is 1.28 bits per heavy atom. The number of anilines is 1. The molecule has 1 aromatic carbocycles. The summed E-state index contributed by atoms with van der Waals surface area (Å²) in [5.41, 5.74) is 8.04. The number of carbonyl (C=O) groups excluding carboxylic acids is 1. The summed E-state index contributed by atoms with van der Waals surface area (Å²) in [5.74, 6) is 0.138. The van der Waals surface area contributed by atoms with Crippen molar-refractivity contribution in [2.24, 2.45) is 5.73 Å². The summed E-state index contributed by atoms with van der Waals surface area (Å²) in [7, 11) is 4.08. The second-order valence-electron chi connectivity index (χ2n) is 6.74. The lowest BCUT2D eigenvalue weighted by atomic mass is 10.0. The van der Waals surface area contributed by atoms with Gasteiger partial charge in [0.15, 0.2) is 0 Å². The minimum atomic E-state index is -0.304. The number of carbonyl (C=O) groups is 1. The lowest BCUT2D eigenvalue weighted by molar-refractivity contribution is -0.143. The number of benzene rings is 1. The van der Waals surface area contributed by atoms with Crippen molar-refractivity contribution >= 4 is 36.4 Å². The van der Waals surface area contributed by atoms with Gasteiger partial charge in [-0.1, -0.05) is 12.1 Å². The lowest BCUT2D eigenvalue weighted by Gasteiger charge is -2.28. The highest BCUT2D eigenvalue weighted by Gasteiger charge is 2.38. The standard InChI is InChI=1S/C18H27N3O2.2ClH/c1-20(2)14-6-3-5-13(11-14)16-7-4-10-21(16)18(22)17-9-8-15(12-19)23-17;;/h3,5-6,11,15-17H,4,7-10,12,19H2,1-2H3;2*1H/t15-,16?,17+;;/m1../s1. The van der Waals surface area contributed by atoms with E-state index in [1.807, 2.05) is 19.0 Å². The minimum absolute atomic E-state index is 0. The first-order valence-corrected chi connectivity index (χ1v) is 8.53. The monoisotopic (exact) mass is 389 g/mol. The topological polar surface area (TPSA) is 58.8 Å². The fourth-order valence-electron chi connectivity index (χ4n) is 3.63. The van der Waals surface area contributed by atoms with Crippen LogP contribution in [0.1, 0.15) is 37.3 Å². The van der Waals surface area contributed by atoms with Crippen LogP contribution in [-0.2, 0) is 9.53 Å². The molecule has 3 rings (SSSR count). The normalized spacial score (nSPS) is 25.2. The lowest BCUT2D eigenvalue weighted by Crippen LogP contribution is -2.39. The van der Waals surface area contributed by atoms with Crippen LogP contribution in [0.5, 0.6) is 0 Å². The molecule has 2 aliphatic heterocycles. The summed E-state index contributed by atoms with van der Waals surface area (Å²) in [6.07, 6.45) is 3.50. The molecule has 0 bridgehead atoms. The summed E-state index contributed by atoms with van der Waals surface area (Å²) in [5, 5.41) is 0. The van der Waals surface area contributed by atoms with Gasteiger partial charge in [0.05, 0.1) is 12.1 Å². The van der Waals surface area contributed by atoms with Gasteiger partial charge >= 0.3 is 0 Å². The van der Waals surface area contributed by atoms with Crippen LogP contribution >= 0.6 is 24.8 Å². The van der Waals surface area contributed by atoms with Crippen molar-refractivity contribution in [3.05, 3.63) is 29.8 Å². The van der Waals surface area contributed by atoms with Gasteiger partial charge in [0, 0.05) is 32.9 Å².